The standard InChI is InChI=1S/C13H26N4/c1-5-8-17-13(15-10-16-17)7-6-12(4)9-14-11(2)3/h10-12,14H,5-9H2,1-4H3. The van der Waals surface area contributed by atoms with Crippen LogP contribution in [0.1, 0.15) is 46.4 Å². The van der Waals surface area contributed by atoms with Gasteiger partial charge in [-0.25, -0.2) is 4.98 Å². The largest absolute Gasteiger partial charge is 0.314 e. The Morgan fingerprint density at radius 2 is 2.12 bits per heavy atom. The van der Waals surface area contributed by atoms with Crippen LogP contribution in [0, 0.1) is 5.92 Å². The fourth-order valence-electron chi connectivity index (χ4n) is 1.79. The minimum Gasteiger partial charge on any atom is -0.314 e. The van der Waals surface area contributed by atoms with E-state index in [0.717, 1.165) is 31.8 Å². The number of hydrogen-bond donors (Lipinski definition) is 1. The number of rotatable bonds is 8. The average molecular weight is 238 g/mol. The first-order valence-electron chi connectivity index (χ1n) is 6.73. The van der Waals surface area contributed by atoms with Crippen molar-refractivity contribution in [2.45, 2.75) is 59.5 Å². The summed E-state index contributed by atoms with van der Waals surface area (Å²) in [5.74, 6) is 1.81. The zero-order valence-electron chi connectivity index (χ0n) is 11.6. The van der Waals surface area contributed by atoms with Gasteiger partial charge in [0.2, 0.25) is 0 Å². The number of nitrogens with one attached hydrogen (secondary N) is 1. The van der Waals surface area contributed by atoms with E-state index in [4.69, 9.17) is 0 Å². The van der Waals surface area contributed by atoms with E-state index in [0.29, 0.717) is 12.0 Å². The molecule has 0 aromatic carbocycles. The van der Waals surface area contributed by atoms with Gasteiger partial charge in [0.1, 0.15) is 12.2 Å². The lowest BCUT2D eigenvalue weighted by atomic mass is 10.1. The molecule has 1 atom stereocenters. The first-order chi connectivity index (χ1) is 8.13. The molecule has 17 heavy (non-hydrogen) atoms. The van der Waals surface area contributed by atoms with Crippen molar-refractivity contribution in [3.05, 3.63) is 12.2 Å². The smallest absolute Gasteiger partial charge is 0.138 e. The van der Waals surface area contributed by atoms with E-state index < -0.39 is 0 Å². The molecule has 0 aliphatic carbocycles. The van der Waals surface area contributed by atoms with Crippen LogP contribution in [0.5, 0.6) is 0 Å². The van der Waals surface area contributed by atoms with Gasteiger partial charge in [-0.3, -0.25) is 4.68 Å². The third-order valence-electron chi connectivity index (χ3n) is 2.87. The summed E-state index contributed by atoms with van der Waals surface area (Å²) in [5.41, 5.74) is 0. The molecule has 0 spiro atoms. The predicted molar refractivity (Wildman–Crippen MR) is 70.9 cm³/mol. The highest BCUT2D eigenvalue weighted by Crippen LogP contribution is 2.07. The summed E-state index contributed by atoms with van der Waals surface area (Å²) in [5, 5.41) is 7.72. The van der Waals surface area contributed by atoms with Crippen molar-refractivity contribution in [2.75, 3.05) is 6.54 Å². The second-order valence-corrected chi connectivity index (χ2v) is 5.11. The molecule has 0 saturated carbocycles. The lowest BCUT2D eigenvalue weighted by molar-refractivity contribution is 0.443. The molecule has 1 aromatic heterocycles. The Balaban J connectivity index is 2.31. The molecule has 98 valence electrons. The summed E-state index contributed by atoms with van der Waals surface area (Å²) < 4.78 is 2.03. The van der Waals surface area contributed by atoms with E-state index in [-0.39, 0.29) is 0 Å². The Kier molecular flexibility index (Phi) is 6.19. The lowest BCUT2D eigenvalue weighted by Crippen LogP contribution is -2.28. The Morgan fingerprint density at radius 3 is 2.76 bits per heavy atom. The Labute approximate surface area is 105 Å². The van der Waals surface area contributed by atoms with Crippen LogP contribution < -0.4 is 5.32 Å². The maximum Gasteiger partial charge on any atom is 0.138 e. The molecule has 0 amide bonds. The van der Waals surface area contributed by atoms with Crippen molar-refractivity contribution >= 4 is 0 Å². The Hall–Kier alpha value is -0.900. The summed E-state index contributed by atoms with van der Waals surface area (Å²) >= 11 is 0. The molecular formula is C13H26N4. The number of aryl methyl sites for hydroxylation is 2. The maximum absolute atomic E-state index is 4.33. The molecule has 0 radical (unpaired) electrons. The van der Waals surface area contributed by atoms with Crippen LogP contribution in [-0.2, 0) is 13.0 Å². The van der Waals surface area contributed by atoms with Gasteiger partial charge in [0.15, 0.2) is 0 Å². The second-order valence-electron chi connectivity index (χ2n) is 5.11. The van der Waals surface area contributed by atoms with Crippen LogP contribution in [0.2, 0.25) is 0 Å². The number of hydrogen-bond acceptors (Lipinski definition) is 3. The van der Waals surface area contributed by atoms with Crippen LogP contribution >= 0.6 is 0 Å². The zero-order chi connectivity index (χ0) is 12.7. The molecule has 0 aliphatic rings. The number of aromatic nitrogens is 3. The van der Waals surface area contributed by atoms with E-state index in [2.05, 4.69) is 43.1 Å². The van der Waals surface area contributed by atoms with Gasteiger partial charge >= 0.3 is 0 Å². The van der Waals surface area contributed by atoms with Crippen molar-refractivity contribution in [1.29, 1.82) is 0 Å². The van der Waals surface area contributed by atoms with Gasteiger partial charge in [0.05, 0.1) is 0 Å². The Morgan fingerprint density at radius 1 is 1.35 bits per heavy atom. The minimum absolute atomic E-state index is 0.571. The molecule has 1 unspecified atom stereocenters. The highest BCUT2D eigenvalue weighted by molar-refractivity contribution is 4.85. The van der Waals surface area contributed by atoms with E-state index in [9.17, 15) is 0 Å². The Bertz CT molecular complexity index is 306. The molecule has 0 aliphatic heterocycles. The van der Waals surface area contributed by atoms with Crippen molar-refractivity contribution in [2.24, 2.45) is 5.92 Å². The first-order valence-corrected chi connectivity index (χ1v) is 6.73. The van der Waals surface area contributed by atoms with Crippen LogP contribution in [0.25, 0.3) is 0 Å². The molecule has 1 heterocycles. The third-order valence-corrected chi connectivity index (χ3v) is 2.87. The summed E-state index contributed by atoms with van der Waals surface area (Å²) in [4.78, 5) is 4.33. The molecule has 0 fully saturated rings. The van der Waals surface area contributed by atoms with Crippen LogP contribution in [-0.4, -0.2) is 27.4 Å². The third kappa shape index (κ3) is 5.31. The van der Waals surface area contributed by atoms with Crippen LogP contribution in [0.15, 0.2) is 6.33 Å². The molecule has 1 rings (SSSR count). The molecule has 1 N–H and O–H groups in total. The fourth-order valence-corrected chi connectivity index (χ4v) is 1.79. The van der Waals surface area contributed by atoms with Gasteiger partial charge in [0, 0.05) is 19.0 Å². The van der Waals surface area contributed by atoms with E-state index in [1.54, 1.807) is 6.33 Å². The molecule has 4 heteroatoms. The van der Waals surface area contributed by atoms with Crippen molar-refractivity contribution in [3.63, 3.8) is 0 Å². The monoisotopic (exact) mass is 238 g/mol. The minimum atomic E-state index is 0.571. The highest BCUT2D eigenvalue weighted by Gasteiger charge is 2.07. The summed E-state index contributed by atoms with van der Waals surface area (Å²) in [6, 6.07) is 0.571. The van der Waals surface area contributed by atoms with Crippen molar-refractivity contribution in [3.8, 4) is 0 Å². The normalized spacial score (nSPS) is 13.2. The van der Waals surface area contributed by atoms with Crippen LogP contribution in [0.4, 0.5) is 0 Å². The summed E-state index contributed by atoms with van der Waals surface area (Å²) in [6.07, 6.45) is 4.98. The van der Waals surface area contributed by atoms with Crippen molar-refractivity contribution < 1.29 is 0 Å². The lowest BCUT2D eigenvalue weighted by Gasteiger charge is -2.14. The van der Waals surface area contributed by atoms with Gasteiger partial charge in [-0.2, -0.15) is 5.10 Å². The zero-order valence-corrected chi connectivity index (χ0v) is 11.6. The van der Waals surface area contributed by atoms with E-state index in [1.165, 1.54) is 6.42 Å². The van der Waals surface area contributed by atoms with Gasteiger partial charge < -0.3 is 5.32 Å². The van der Waals surface area contributed by atoms with Gasteiger partial charge in [0.25, 0.3) is 0 Å². The first kappa shape index (κ1) is 14.2. The van der Waals surface area contributed by atoms with Crippen LogP contribution in [0.3, 0.4) is 0 Å². The summed E-state index contributed by atoms with van der Waals surface area (Å²) in [6.45, 7) is 10.9. The van der Waals surface area contributed by atoms with Crippen molar-refractivity contribution in [1.82, 2.24) is 20.1 Å². The van der Waals surface area contributed by atoms with Gasteiger partial charge in [-0.05, 0) is 25.3 Å². The highest BCUT2D eigenvalue weighted by atomic mass is 15.3. The van der Waals surface area contributed by atoms with Gasteiger partial charge in [-0.15, -0.1) is 0 Å². The SMILES string of the molecule is CCCn1ncnc1CCC(C)CNC(C)C. The molecule has 4 nitrogen and oxygen atoms in total. The molecule has 0 bridgehead atoms. The van der Waals surface area contributed by atoms with E-state index in [1.807, 2.05) is 4.68 Å². The van der Waals surface area contributed by atoms with E-state index >= 15 is 0 Å². The summed E-state index contributed by atoms with van der Waals surface area (Å²) in [7, 11) is 0. The molecule has 1 aromatic rings. The number of nitrogens with zero attached hydrogens (tertiary/aromatic N) is 3. The maximum atomic E-state index is 4.33. The topological polar surface area (TPSA) is 42.7 Å². The fraction of sp³-hybridized carbons (Fsp3) is 0.846. The second kappa shape index (κ2) is 7.43. The van der Waals surface area contributed by atoms with Gasteiger partial charge in [-0.1, -0.05) is 27.7 Å². The molecular weight excluding hydrogens is 212 g/mol. The quantitative estimate of drug-likeness (QED) is 0.755. The molecule has 0 saturated heterocycles. The average Bonchev–Trinajstić information content (AvgIpc) is 2.71. The predicted octanol–water partition coefficient (Wildman–Crippen LogP) is 2.25.